The Bertz CT molecular complexity index is 45.6. The van der Waals surface area contributed by atoms with Gasteiger partial charge in [-0.2, -0.15) is 0 Å². The fourth-order valence-electron chi connectivity index (χ4n) is 0.161. The lowest BCUT2D eigenvalue weighted by Gasteiger charge is -1.65. The van der Waals surface area contributed by atoms with Gasteiger partial charge in [-0.05, 0) is 0 Å². The summed E-state index contributed by atoms with van der Waals surface area (Å²) in [4.78, 5) is 0. The van der Waals surface area contributed by atoms with Crippen LogP contribution in [0, 0.1) is 0 Å². The summed E-state index contributed by atoms with van der Waals surface area (Å²) in [5, 5.41) is 3.36. The van der Waals surface area contributed by atoms with Crippen LogP contribution in [0.25, 0.3) is 0 Å². The quantitative estimate of drug-likeness (QED) is 0.386. The van der Waals surface area contributed by atoms with Gasteiger partial charge in [-0.15, -0.1) is 0 Å². The Morgan fingerprint density at radius 1 is 2.00 bits per heavy atom. The third kappa shape index (κ3) is 0.253. The molecule has 1 aliphatic heterocycles. The Kier molecular flexibility index (Phi) is 0.419. The van der Waals surface area contributed by atoms with Crippen LogP contribution in [0.3, 0.4) is 0 Å². The molecule has 0 aliphatic carbocycles. The third-order valence-electron chi connectivity index (χ3n) is 0.326. The van der Waals surface area contributed by atoms with E-state index < -0.39 is 0 Å². The van der Waals surface area contributed by atoms with Crippen molar-refractivity contribution in [3.8, 4) is 0 Å². The maximum Gasteiger partial charge on any atom is 0.668 e. The van der Waals surface area contributed by atoms with E-state index in [9.17, 15) is 0 Å². The molecular weight excluding hydrogens is 68.0 g/mol. The first-order valence-corrected chi connectivity index (χ1v) is 1.29. The average Bonchev–Trinajstić information content (AvgIpc) is 1.76. The van der Waals surface area contributed by atoms with Gasteiger partial charge in [0.2, 0.25) is 6.73 Å². The first-order valence-electron chi connectivity index (χ1n) is 1.29. The molecule has 0 atom stereocenters. The molecule has 0 aromatic heterocycles. The molecule has 0 saturated carbocycles. The van der Waals surface area contributed by atoms with Crippen molar-refractivity contribution in [3.63, 3.8) is 0 Å². The smallest absolute Gasteiger partial charge is 0.222 e. The zero-order valence-electron chi connectivity index (χ0n) is 2.56. The minimum absolute atomic E-state index is 0.472. The molecule has 5 heavy (non-hydrogen) atoms. The second kappa shape index (κ2) is 0.865. The molecule has 0 saturated heterocycles. The lowest BCUT2D eigenvalue weighted by molar-refractivity contribution is 0.327. The van der Waals surface area contributed by atoms with Crippen molar-refractivity contribution in [1.29, 1.82) is 0 Å². The van der Waals surface area contributed by atoms with Crippen molar-refractivity contribution in [3.05, 3.63) is 0 Å². The maximum atomic E-state index is 4.42. The van der Waals surface area contributed by atoms with E-state index in [0.717, 1.165) is 0 Å². The minimum atomic E-state index is 0.472. The molecule has 1 N–H and O–H groups in total. The number of hydrogen-bond donors (Lipinski definition) is 1. The monoisotopic (exact) mass is 71.0 g/mol. The molecule has 3 heteroatoms. The van der Waals surface area contributed by atoms with E-state index in [4.69, 9.17) is 0 Å². The van der Waals surface area contributed by atoms with Crippen molar-refractivity contribution in [2.45, 2.75) is 0 Å². The minimum Gasteiger partial charge on any atom is -0.222 e. The van der Waals surface area contributed by atoms with Gasteiger partial charge in [-0.3, -0.25) is 0 Å². The second-order valence-electron chi connectivity index (χ2n) is 0.650. The molecule has 0 radical (unpaired) electrons. The normalized spacial score (nSPS) is 16.0. The molecule has 0 bridgehead atoms. The van der Waals surface area contributed by atoms with Crippen LogP contribution in [0.5, 0.6) is 0 Å². The van der Waals surface area contributed by atoms with Gasteiger partial charge in [0.05, 0.1) is 0 Å². The van der Waals surface area contributed by atoms with Crippen LogP contribution in [-0.2, 0) is 4.74 Å². The molecule has 0 aromatic rings. The number of nitrogens with zero attached hydrogens (tertiary/aromatic N) is 1. The number of rotatable bonds is 0. The number of hydrazone groups is 1. The lowest BCUT2D eigenvalue weighted by atomic mass is 11.3. The highest BCUT2D eigenvalue weighted by molar-refractivity contribution is 5.46. The summed E-state index contributed by atoms with van der Waals surface area (Å²) in [5.74, 6) is 0. The Morgan fingerprint density at radius 3 is 3.20 bits per heavy atom. The molecule has 26 valence electrons. The molecule has 0 unspecified atom stereocenters. The molecule has 0 spiro atoms. The molecule has 1 rings (SSSR count). The summed E-state index contributed by atoms with van der Waals surface area (Å²) in [5.41, 5.74) is 2.51. The Balaban J connectivity index is 2.32. The highest BCUT2D eigenvalue weighted by Crippen LogP contribution is 1.69. The fourth-order valence-corrected chi connectivity index (χ4v) is 0.161. The largest absolute Gasteiger partial charge is 0.668 e. The highest BCUT2D eigenvalue weighted by Gasteiger charge is 2.03. The predicted molar refractivity (Wildman–Crippen MR) is 16.5 cm³/mol. The van der Waals surface area contributed by atoms with Crippen molar-refractivity contribution in [1.82, 2.24) is 5.43 Å². The van der Waals surface area contributed by atoms with E-state index in [1.54, 1.807) is 0 Å². The Labute approximate surface area is 29.6 Å². The molecule has 0 amide bonds. The fraction of sp³-hybridized carbons (Fsp3) is 0.500. The zero-order valence-corrected chi connectivity index (χ0v) is 2.56. The standard InChI is InChI=1S/C2H3N2O/c1-3-4-2-5-1/h3H,1H2/q+1. The van der Waals surface area contributed by atoms with Crippen molar-refractivity contribution < 1.29 is 4.74 Å². The van der Waals surface area contributed by atoms with E-state index in [2.05, 4.69) is 21.7 Å². The van der Waals surface area contributed by atoms with Crippen LogP contribution < -0.4 is 5.43 Å². The topological polar surface area (TPSA) is 33.6 Å². The van der Waals surface area contributed by atoms with E-state index in [1.807, 2.05) is 0 Å². The van der Waals surface area contributed by atoms with Gasteiger partial charge < -0.3 is 0 Å². The maximum absolute atomic E-state index is 4.42. The number of hydrogen-bond acceptors (Lipinski definition) is 3. The molecule has 0 aromatic carbocycles. The van der Waals surface area contributed by atoms with Gasteiger partial charge in [0.25, 0.3) is 0 Å². The molecule has 1 aliphatic rings. The zero-order chi connectivity index (χ0) is 3.54. The SMILES string of the molecule is [C+]1=NNCO1. The van der Waals surface area contributed by atoms with E-state index in [-0.39, 0.29) is 0 Å². The van der Waals surface area contributed by atoms with Gasteiger partial charge in [0, 0.05) is 0 Å². The van der Waals surface area contributed by atoms with Gasteiger partial charge >= 0.3 is 6.40 Å². The first kappa shape index (κ1) is 2.42. The molecule has 0 fully saturated rings. The summed E-state index contributed by atoms with van der Waals surface area (Å²) in [6.07, 6.45) is 2.24. The summed E-state index contributed by atoms with van der Waals surface area (Å²) < 4.78 is 4.42. The molecule has 3 nitrogen and oxygen atoms in total. The Morgan fingerprint density at radius 2 is 3.00 bits per heavy atom. The van der Waals surface area contributed by atoms with Crippen molar-refractivity contribution in [2.24, 2.45) is 5.10 Å². The third-order valence-corrected chi connectivity index (χ3v) is 0.326. The summed E-state index contributed by atoms with van der Waals surface area (Å²) in [6.45, 7) is 0.472. The first-order chi connectivity index (χ1) is 2.50. The number of ether oxygens (including phenoxy) is 1. The van der Waals surface area contributed by atoms with Crippen LogP contribution >= 0.6 is 0 Å². The van der Waals surface area contributed by atoms with Gasteiger partial charge in [-0.25, -0.2) is 10.2 Å². The number of nitrogens with one attached hydrogen (secondary N) is 1. The lowest BCUT2D eigenvalue weighted by Crippen LogP contribution is -1.98. The second-order valence-corrected chi connectivity index (χ2v) is 0.650. The van der Waals surface area contributed by atoms with Gasteiger partial charge in [0.15, 0.2) is 0 Å². The van der Waals surface area contributed by atoms with Crippen LogP contribution in [0.15, 0.2) is 5.10 Å². The van der Waals surface area contributed by atoms with Gasteiger partial charge in [-0.1, -0.05) is 0 Å². The van der Waals surface area contributed by atoms with E-state index in [0.29, 0.717) is 6.73 Å². The van der Waals surface area contributed by atoms with Crippen LogP contribution in [-0.4, -0.2) is 13.1 Å². The van der Waals surface area contributed by atoms with Crippen LogP contribution in [0.4, 0.5) is 0 Å². The van der Waals surface area contributed by atoms with Crippen LogP contribution in [0.1, 0.15) is 0 Å². The van der Waals surface area contributed by atoms with E-state index >= 15 is 0 Å². The summed E-state index contributed by atoms with van der Waals surface area (Å²) in [7, 11) is 0. The molecular formula is C2H3N2O+. The van der Waals surface area contributed by atoms with Crippen LogP contribution in [0.2, 0.25) is 0 Å². The average molecular weight is 71.1 g/mol. The highest BCUT2D eigenvalue weighted by atomic mass is 16.5. The van der Waals surface area contributed by atoms with Crippen molar-refractivity contribution >= 4 is 6.40 Å². The Hall–Kier alpha value is -0.820. The summed E-state index contributed by atoms with van der Waals surface area (Å²) >= 11 is 0. The predicted octanol–water partition coefficient (Wildman–Crippen LogP) is -0.616. The summed E-state index contributed by atoms with van der Waals surface area (Å²) in [6, 6.07) is 0. The van der Waals surface area contributed by atoms with Gasteiger partial charge in [0.1, 0.15) is 5.10 Å². The van der Waals surface area contributed by atoms with Crippen molar-refractivity contribution in [2.75, 3.05) is 6.73 Å². The van der Waals surface area contributed by atoms with E-state index in [1.165, 1.54) is 0 Å². The molecule has 1 heterocycles.